The van der Waals surface area contributed by atoms with Gasteiger partial charge in [-0.05, 0) is 44.8 Å². The van der Waals surface area contributed by atoms with Crippen molar-refractivity contribution >= 4 is 15.9 Å². The predicted molar refractivity (Wildman–Crippen MR) is 75.5 cm³/mol. The van der Waals surface area contributed by atoms with Crippen LogP contribution in [0.25, 0.3) is 0 Å². The summed E-state index contributed by atoms with van der Waals surface area (Å²) in [6, 6.07) is 14.5. The Hall–Kier alpha value is -1.32. The van der Waals surface area contributed by atoms with Gasteiger partial charge in [0.1, 0.15) is 12.4 Å². The number of hydrogen-bond donors (Lipinski definition) is 1. The Morgan fingerprint density at radius 2 is 1.89 bits per heavy atom. The zero-order chi connectivity index (χ0) is 12.4. The van der Waals surface area contributed by atoms with Gasteiger partial charge in [0.2, 0.25) is 0 Å². The maximum absolute atomic E-state index is 5.82. The van der Waals surface area contributed by atoms with Gasteiger partial charge in [0.15, 0.2) is 0 Å². The second-order valence-electron chi connectivity index (χ2n) is 4.43. The lowest BCUT2D eigenvalue weighted by molar-refractivity contribution is 0.304. The first-order chi connectivity index (χ1) is 8.83. The molecule has 1 aliphatic heterocycles. The minimum atomic E-state index is 0.607. The Morgan fingerprint density at radius 3 is 2.78 bits per heavy atom. The number of para-hydroxylation sites is 1. The second kappa shape index (κ2) is 5.12. The van der Waals surface area contributed by atoms with E-state index in [1.54, 1.807) is 0 Å². The van der Waals surface area contributed by atoms with Crippen molar-refractivity contribution in [2.75, 3.05) is 0 Å². The summed E-state index contributed by atoms with van der Waals surface area (Å²) in [6.45, 7) is 2.56. The molecule has 2 aromatic carbocycles. The lowest BCUT2D eigenvalue weighted by Crippen LogP contribution is -2.00. The summed E-state index contributed by atoms with van der Waals surface area (Å²) in [5.41, 5.74) is 4.01. The fraction of sp³-hybridized carbons (Fsp3) is 0.200. The lowest BCUT2D eigenvalue weighted by atomic mass is 10.1. The van der Waals surface area contributed by atoms with E-state index in [0.29, 0.717) is 6.61 Å². The third-order valence-electron chi connectivity index (χ3n) is 3.13. The van der Waals surface area contributed by atoms with E-state index < -0.39 is 0 Å². The molecule has 0 spiro atoms. The fourth-order valence-electron chi connectivity index (χ4n) is 2.16. The first-order valence-corrected chi connectivity index (χ1v) is 6.81. The van der Waals surface area contributed by atoms with Crippen molar-refractivity contribution in [3.05, 3.63) is 63.6 Å². The number of halogens is 1. The van der Waals surface area contributed by atoms with Crippen LogP contribution in [0.5, 0.6) is 5.75 Å². The molecule has 0 saturated heterocycles. The van der Waals surface area contributed by atoms with E-state index in [9.17, 15) is 0 Å². The molecule has 0 amide bonds. The Balaban J connectivity index is 1.72. The van der Waals surface area contributed by atoms with Gasteiger partial charge in [-0.25, -0.2) is 0 Å². The van der Waals surface area contributed by atoms with Crippen LogP contribution in [0.2, 0.25) is 0 Å². The van der Waals surface area contributed by atoms with Crippen molar-refractivity contribution < 1.29 is 4.74 Å². The topological polar surface area (TPSA) is 21.3 Å². The van der Waals surface area contributed by atoms with Crippen LogP contribution in [-0.4, -0.2) is 0 Å². The van der Waals surface area contributed by atoms with Crippen LogP contribution in [0.4, 0.5) is 0 Å². The molecule has 1 aliphatic rings. The standard InChI is InChI=1S/C15H14BrNO/c16-14-3-1-2-4-15(14)18-10-11-5-6-12-8-17-9-13(12)7-11/h1-7,17H,8-10H2. The van der Waals surface area contributed by atoms with E-state index in [4.69, 9.17) is 4.74 Å². The molecular formula is C15H14BrNO. The Bertz CT molecular complexity index is 568. The van der Waals surface area contributed by atoms with E-state index in [2.05, 4.69) is 39.4 Å². The minimum Gasteiger partial charge on any atom is -0.488 e. The van der Waals surface area contributed by atoms with Crippen molar-refractivity contribution in [2.45, 2.75) is 19.7 Å². The van der Waals surface area contributed by atoms with E-state index >= 15 is 0 Å². The van der Waals surface area contributed by atoms with Gasteiger partial charge in [-0.15, -0.1) is 0 Å². The average Bonchev–Trinajstić information content (AvgIpc) is 2.85. The Morgan fingerprint density at radius 1 is 1.06 bits per heavy atom. The summed E-state index contributed by atoms with van der Waals surface area (Å²) in [7, 11) is 0. The molecule has 3 rings (SSSR count). The molecule has 0 atom stereocenters. The van der Waals surface area contributed by atoms with Crippen LogP contribution in [0.3, 0.4) is 0 Å². The normalized spacial score (nSPS) is 13.4. The highest BCUT2D eigenvalue weighted by molar-refractivity contribution is 9.10. The number of fused-ring (bicyclic) bond motifs is 1. The first kappa shape index (κ1) is 11.8. The molecule has 0 radical (unpaired) electrons. The highest BCUT2D eigenvalue weighted by Gasteiger charge is 2.10. The fourth-order valence-corrected chi connectivity index (χ4v) is 2.56. The van der Waals surface area contributed by atoms with Crippen molar-refractivity contribution in [2.24, 2.45) is 0 Å². The molecular weight excluding hydrogens is 290 g/mol. The molecule has 92 valence electrons. The molecule has 1 heterocycles. The van der Waals surface area contributed by atoms with Gasteiger partial charge in [-0.3, -0.25) is 0 Å². The summed E-state index contributed by atoms with van der Waals surface area (Å²) < 4.78 is 6.81. The molecule has 18 heavy (non-hydrogen) atoms. The van der Waals surface area contributed by atoms with Gasteiger partial charge >= 0.3 is 0 Å². The van der Waals surface area contributed by atoms with E-state index in [-0.39, 0.29) is 0 Å². The monoisotopic (exact) mass is 303 g/mol. The maximum Gasteiger partial charge on any atom is 0.133 e. The summed E-state index contributed by atoms with van der Waals surface area (Å²) in [5.74, 6) is 0.885. The van der Waals surface area contributed by atoms with Gasteiger partial charge in [0.25, 0.3) is 0 Å². The summed E-state index contributed by atoms with van der Waals surface area (Å²) in [4.78, 5) is 0. The molecule has 1 N–H and O–H groups in total. The molecule has 0 saturated carbocycles. The van der Waals surface area contributed by atoms with E-state index in [1.165, 1.54) is 16.7 Å². The van der Waals surface area contributed by atoms with Gasteiger partial charge in [-0.1, -0.05) is 30.3 Å². The molecule has 2 nitrogen and oxygen atoms in total. The van der Waals surface area contributed by atoms with Crippen LogP contribution < -0.4 is 10.1 Å². The largest absolute Gasteiger partial charge is 0.488 e. The third-order valence-corrected chi connectivity index (χ3v) is 3.79. The number of benzene rings is 2. The number of ether oxygens (including phenoxy) is 1. The van der Waals surface area contributed by atoms with Crippen molar-refractivity contribution in [3.63, 3.8) is 0 Å². The number of nitrogens with one attached hydrogen (secondary N) is 1. The zero-order valence-corrected chi connectivity index (χ0v) is 11.5. The first-order valence-electron chi connectivity index (χ1n) is 6.01. The summed E-state index contributed by atoms with van der Waals surface area (Å²) in [5, 5.41) is 3.35. The summed E-state index contributed by atoms with van der Waals surface area (Å²) >= 11 is 3.48. The van der Waals surface area contributed by atoms with Gasteiger partial charge in [0.05, 0.1) is 4.47 Å². The quantitative estimate of drug-likeness (QED) is 0.935. The maximum atomic E-state index is 5.82. The zero-order valence-electron chi connectivity index (χ0n) is 9.95. The molecule has 0 bridgehead atoms. The highest BCUT2D eigenvalue weighted by Crippen LogP contribution is 2.25. The number of rotatable bonds is 3. The molecule has 0 unspecified atom stereocenters. The Kier molecular flexibility index (Phi) is 3.35. The average molecular weight is 304 g/mol. The third kappa shape index (κ3) is 2.42. The predicted octanol–water partition coefficient (Wildman–Crippen LogP) is 3.63. The lowest BCUT2D eigenvalue weighted by Gasteiger charge is -2.09. The summed E-state index contributed by atoms with van der Waals surface area (Å²) in [6.07, 6.45) is 0. The van der Waals surface area contributed by atoms with Gasteiger partial charge in [0, 0.05) is 13.1 Å². The molecule has 3 heteroatoms. The SMILES string of the molecule is Brc1ccccc1OCc1ccc2c(c1)CNC2. The molecule has 0 aromatic heterocycles. The van der Waals surface area contributed by atoms with Crippen LogP contribution in [0.15, 0.2) is 46.9 Å². The Labute approximate surface area is 115 Å². The van der Waals surface area contributed by atoms with Crippen molar-refractivity contribution in [3.8, 4) is 5.75 Å². The molecule has 2 aromatic rings. The van der Waals surface area contributed by atoms with Gasteiger partial charge in [-0.2, -0.15) is 0 Å². The molecule has 0 fully saturated rings. The second-order valence-corrected chi connectivity index (χ2v) is 5.28. The van der Waals surface area contributed by atoms with Crippen molar-refractivity contribution in [1.82, 2.24) is 5.32 Å². The highest BCUT2D eigenvalue weighted by atomic mass is 79.9. The smallest absolute Gasteiger partial charge is 0.133 e. The van der Waals surface area contributed by atoms with Crippen LogP contribution in [0, 0.1) is 0 Å². The van der Waals surface area contributed by atoms with E-state index in [1.807, 2.05) is 24.3 Å². The number of hydrogen-bond acceptors (Lipinski definition) is 2. The minimum absolute atomic E-state index is 0.607. The van der Waals surface area contributed by atoms with Crippen molar-refractivity contribution in [1.29, 1.82) is 0 Å². The van der Waals surface area contributed by atoms with E-state index in [0.717, 1.165) is 23.3 Å². The van der Waals surface area contributed by atoms with Crippen LogP contribution in [0.1, 0.15) is 16.7 Å². The van der Waals surface area contributed by atoms with Crippen LogP contribution in [-0.2, 0) is 19.7 Å². The van der Waals surface area contributed by atoms with Crippen LogP contribution >= 0.6 is 15.9 Å². The van der Waals surface area contributed by atoms with Gasteiger partial charge < -0.3 is 10.1 Å². The molecule has 0 aliphatic carbocycles.